The zero-order valence-corrected chi connectivity index (χ0v) is 17.1. The average molecular weight is 449 g/mol. The lowest BCUT2D eigenvalue weighted by Gasteiger charge is -2.22. The average Bonchev–Trinajstić information content (AvgIpc) is 3.36. The van der Waals surface area contributed by atoms with E-state index in [9.17, 15) is 22.4 Å². The van der Waals surface area contributed by atoms with Gasteiger partial charge in [0.25, 0.3) is 0 Å². The van der Waals surface area contributed by atoms with Crippen LogP contribution in [-0.4, -0.2) is 49.4 Å². The number of hydrogen-bond donors (Lipinski definition) is 1. The molecule has 1 saturated heterocycles. The fourth-order valence-electron chi connectivity index (χ4n) is 3.62. The second-order valence-electron chi connectivity index (χ2n) is 7.60. The molecule has 8 nitrogen and oxygen atoms in total. The van der Waals surface area contributed by atoms with Crippen molar-refractivity contribution in [2.75, 3.05) is 16.8 Å². The van der Waals surface area contributed by atoms with E-state index in [1.165, 1.54) is 15.9 Å². The standard InChI is InChI=1S/C20H19F4N7O/c1-11-3-4-14(6-15(11)17-25-7-13(21)8-26-17)28-18(32)16-5-12(20(22,23)24)9-31(16)19-27-10-30(2)29-19/h3-4,6-8,10,12,16H,5,9H2,1-2H3,(H,28,32)/t12-,16-/m1/s1. The Balaban J connectivity index is 1.59. The first-order valence-corrected chi connectivity index (χ1v) is 9.70. The van der Waals surface area contributed by atoms with E-state index in [0.717, 1.165) is 18.0 Å². The van der Waals surface area contributed by atoms with E-state index in [0.29, 0.717) is 11.3 Å². The van der Waals surface area contributed by atoms with Gasteiger partial charge in [0.05, 0.1) is 18.3 Å². The molecular weight excluding hydrogens is 430 g/mol. The monoisotopic (exact) mass is 449 g/mol. The van der Waals surface area contributed by atoms with Gasteiger partial charge in [-0.25, -0.2) is 19.3 Å². The SMILES string of the molecule is Cc1ccc(NC(=O)[C@H]2C[C@@H](C(F)(F)F)CN2c2ncn(C)n2)cc1-c1ncc(F)cn1. The van der Waals surface area contributed by atoms with Gasteiger partial charge in [-0.2, -0.15) is 13.2 Å². The molecule has 1 amide bonds. The topological polar surface area (TPSA) is 88.8 Å². The van der Waals surface area contributed by atoms with Crippen LogP contribution in [0, 0.1) is 18.7 Å². The number of nitrogens with one attached hydrogen (secondary N) is 1. The van der Waals surface area contributed by atoms with E-state index < -0.39 is 42.8 Å². The van der Waals surface area contributed by atoms with Crippen LogP contribution in [0.4, 0.5) is 29.2 Å². The molecule has 168 valence electrons. The lowest BCUT2D eigenvalue weighted by Crippen LogP contribution is -2.40. The number of hydrogen-bond acceptors (Lipinski definition) is 6. The van der Waals surface area contributed by atoms with Crippen molar-refractivity contribution in [1.82, 2.24) is 24.7 Å². The molecule has 1 N–H and O–H groups in total. The van der Waals surface area contributed by atoms with E-state index >= 15 is 0 Å². The lowest BCUT2D eigenvalue weighted by atomic mass is 10.0. The van der Waals surface area contributed by atoms with Crippen LogP contribution in [0.25, 0.3) is 11.4 Å². The molecular formula is C20H19F4N7O. The highest BCUT2D eigenvalue weighted by Crippen LogP contribution is 2.38. The van der Waals surface area contributed by atoms with E-state index in [1.54, 1.807) is 32.2 Å². The van der Waals surface area contributed by atoms with E-state index in [4.69, 9.17) is 0 Å². The summed E-state index contributed by atoms with van der Waals surface area (Å²) in [6.07, 6.45) is -1.44. The number of nitrogens with zero attached hydrogens (tertiary/aromatic N) is 6. The van der Waals surface area contributed by atoms with Crippen molar-refractivity contribution in [2.24, 2.45) is 13.0 Å². The second kappa shape index (κ2) is 8.17. The highest BCUT2D eigenvalue weighted by Gasteiger charge is 2.50. The van der Waals surface area contributed by atoms with Crippen molar-refractivity contribution in [2.45, 2.75) is 25.6 Å². The van der Waals surface area contributed by atoms with Crippen LogP contribution < -0.4 is 10.2 Å². The highest BCUT2D eigenvalue weighted by atomic mass is 19.4. The summed E-state index contributed by atoms with van der Waals surface area (Å²) in [5.74, 6) is -2.55. The molecule has 0 spiro atoms. The van der Waals surface area contributed by atoms with Crippen molar-refractivity contribution in [3.05, 3.63) is 48.3 Å². The van der Waals surface area contributed by atoms with E-state index in [1.807, 2.05) is 0 Å². The third-order valence-electron chi connectivity index (χ3n) is 5.28. The predicted octanol–water partition coefficient (Wildman–Crippen LogP) is 3.12. The molecule has 4 rings (SSSR count). The maximum atomic E-state index is 13.4. The van der Waals surface area contributed by atoms with E-state index in [-0.39, 0.29) is 11.8 Å². The number of aromatic nitrogens is 5. The number of carbonyl (C=O) groups excluding carboxylic acids is 1. The predicted molar refractivity (Wildman–Crippen MR) is 107 cm³/mol. The molecule has 1 aliphatic heterocycles. The summed E-state index contributed by atoms with van der Waals surface area (Å²) in [5, 5.41) is 6.73. The minimum Gasteiger partial charge on any atom is -0.327 e. The van der Waals surface area contributed by atoms with Gasteiger partial charge in [-0.15, -0.1) is 5.10 Å². The minimum atomic E-state index is -4.45. The second-order valence-corrected chi connectivity index (χ2v) is 7.60. The Bertz CT molecular complexity index is 1130. The van der Waals surface area contributed by atoms with Gasteiger partial charge in [-0.3, -0.25) is 9.48 Å². The Kier molecular flexibility index (Phi) is 5.53. The Labute approximate surface area is 180 Å². The molecule has 12 heteroatoms. The fraction of sp³-hybridized carbons (Fsp3) is 0.350. The Morgan fingerprint density at radius 3 is 2.53 bits per heavy atom. The first-order chi connectivity index (χ1) is 15.1. The van der Waals surface area contributed by atoms with Crippen molar-refractivity contribution < 1.29 is 22.4 Å². The Morgan fingerprint density at radius 1 is 1.19 bits per heavy atom. The third-order valence-corrected chi connectivity index (χ3v) is 5.28. The summed E-state index contributed by atoms with van der Waals surface area (Å²) < 4.78 is 54.7. The molecule has 2 atom stereocenters. The number of aryl methyl sites for hydroxylation is 2. The van der Waals surface area contributed by atoms with Crippen molar-refractivity contribution in [1.29, 1.82) is 0 Å². The molecule has 2 aromatic heterocycles. The maximum absolute atomic E-state index is 13.4. The quantitative estimate of drug-likeness (QED) is 0.616. The lowest BCUT2D eigenvalue weighted by molar-refractivity contribution is -0.168. The summed E-state index contributed by atoms with van der Waals surface area (Å²) in [4.78, 5) is 26.2. The summed E-state index contributed by atoms with van der Waals surface area (Å²) >= 11 is 0. The van der Waals surface area contributed by atoms with Crippen LogP contribution in [0.3, 0.4) is 0 Å². The molecule has 3 heterocycles. The van der Waals surface area contributed by atoms with Crippen LogP contribution >= 0.6 is 0 Å². The number of rotatable bonds is 4. The summed E-state index contributed by atoms with van der Waals surface area (Å²) in [6, 6.07) is 3.83. The van der Waals surface area contributed by atoms with Crippen LogP contribution in [0.2, 0.25) is 0 Å². The van der Waals surface area contributed by atoms with Gasteiger partial charge in [-0.1, -0.05) is 6.07 Å². The van der Waals surface area contributed by atoms with Gasteiger partial charge < -0.3 is 10.2 Å². The Hall–Kier alpha value is -3.57. The zero-order chi connectivity index (χ0) is 23.0. The number of alkyl halides is 3. The third kappa shape index (κ3) is 4.39. The van der Waals surface area contributed by atoms with Crippen LogP contribution in [0.5, 0.6) is 0 Å². The molecule has 1 aromatic carbocycles. The summed E-state index contributed by atoms with van der Waals surface area (Å²) in [7, 11) is 1.59. The molecule has 32 heavy (non-hydrogen) atoms. The molecule has 1 aliphatic rings. The first-order valence-electron chi connectivity index (χ1n) is 9.70. The first kappa shape index (κ1) is 21.7. The highest BCUT2D eigenvalue weighted by molar-refractivity contribution is 5.97. The van der Waals surface area contributed by atoms with Crippen LogP contribution in [0.15, 0.2) is 36.9 Å². The Morgan fingerprint density at radius 2 is 1.91 bits per heavy atom. The largest absolute Gasteiger partial charge is 0.393 e. The molecule has 0 unspecified atom stereocenters. The van der Waals surface area contributed by atoms with Crippen molar-refractivity contribution in [3.8, 4) is 11.4 Å². The van der Waals surface area contributed by atoms with Crippen molar-refractivity contribution in [3.63, 3.8) is 0 Å². The maximum Gasteiger partial charge on any atom is 0.393 e. The van der Waals surface area contributed by atoms with Crippen molar-refractivity contribution >= 4 is 17.5 Å². The molecule has 1 fully saturated rings. The molecule has 3 aromatic rings. The molecule has 0 radical (unpaired) electrons. The zero-order valence-electron chi connectivity index (χ0n) is 17.1. The number of amides is 1. The number of halogens is 4. The van der Waals surface area contributed by atoms with E-state index in [2.05, 4.69) is 25.4 Å². The number of benzene rings is 1. The minimum absolute atomic E-state index is 0.0590. The summed E-state index contributed by atoms with van der Waals surface area (Å²) in [5.41, 5.74) is 1.70. The van der Waals surface area contributed by atoms with Gasteiger partial charge in [0, 0.05) is 24.8 Å². The molecule has 0 bridgehead atoms. The fourth-order valence-corrected chi connectivity index (χ4v) is 3.62. The molecule has 0 aliphatic carbocycles. The van der Waals surface area contributed by atoms with Crippen LogP contribution in [-0.2, 0) is 11.8 Å². The normalized spacial score (nSPS) is 18.8. The van der Waals surface area contributed by atoms with Gasteiger partial charge in [-0.05, 0) is 31.0 Å². The van der Waals surface area contributed by atoms with Crippen LogP contribution in [0.1, 0.15) is 12.0 Å². The van der Waals surface area contributed by atoms with Gasteiger partial charge in [0.2, 0.25) is 11.9 Å². The van der Waals surface area contributed by atoms with Gasteiger partial charge in [0.1, 0.15) is 12.4 Å². The number of carbonyl (C=O) groups is 1. The number of anilines is 2. The smallest absolute Gasteiger partial charge is 0.327 e. The molecule has 0 saturated carbocycles. The van der Waals surface area contributed by atoms with Gasteiger partial charge in [0.15, 0.2) is 11.6 Å². The summed E-state index contributed by atoms with van der Waals surface area (Å²) in [6.45, 7) is 1.39. The van der Waals surface area contributed by atoms with Gasteiger partial charge >= 0.3 is 6.18 Å².